The summed E-state index contributed by atoms with van der Waals surface area (Å²) in [5.41, 5.74) is 0. The van der Waals surface area contributed by atoms with Crippen LogP contribution in [0.3, 0.4) is 0 Å². The number of carbonyl (C=O) groups is 4. The van der Waals surface area contributed by atoms with Gasteiger partial charge in [0.15, 0.2) is 6.10 Å². The molecule has 12 nitrogen and oxygen atoms in total. The topological polar surface area (TPSA) is 186 Å². The van der Waals surface area contributed by atoms with Crippen LogP contribution in [-0.2, 0) is 38.1 Å². The minimum Gasteiger partial charge on any atom is -0.469 e. The van der Waals surface area contributed by atoms with Gasteiger partial charge in [0.2, 0.25) is 0 Å². The van der Waals surface area contributed by atoms with E-state index in [1.807, 2.05) is 0 Å². The molecule has 0 aliphatic rings. The Bertz CT molecular complexity index is 1770. The van der Waals surface area contributed by atoms with Crippen LogP contribution in [0.5, 0.6) is 0 Å². The largest absolute Gasteiger partial charge is 0.469 e. The smallest absolute Gasteiger partial charge is 0.306 e. The molecule has 0 aliphatic carbocycles. The average Bonchev–Trinajstić information content (AvgIpc) is 3.77. The summed E-state index contributed by atoms with van der Waals surface area (Å²) >= 11 is 0. The molecule has 0 fully saturated rings. The lowest BCUT2D eigenvalue weighted by molar-refractivity contribution is -0.167. The van der Waals surface area contributed by atoms with Crippen molar-refractivity contribution in [3.05, 3.63) is 97.2 Å². The second kappa shape index (κ2) is 87.6. The van der Waals surface area contributed by atoms with E-state index in [1.54, 1.807) is 0 Å². The van der Waals surface area contributed by atoms with Crippen LogP contribution >= 0.6 is 0 Å². The number of unbranched alkanes of at least 4 members (excludes halogenated alkanes) is 33. The third-order valence-electron chi connectivity index (χ3n) is 15.3. The molecule has 93 heavy (non-hydrogen) atoms. The van der Waals surface area contributed by atoms with Crippen LogP contribution in [0, 0.1) is 0 Å². The van der Waals surface area contributed by atoms with Crippen molar-refractivity contribution in [3.63, 3.8) is 0 Å². The zero-order valence-electron chi connectivity index (χ0n) is 60.9. The molecule has 1 unspecified atom stereocenters. The van der Waals surface area contributed by atoms with E-state index in [0.29, 0.717) is 25.7 Å². The van der Waals surface area contributed by atoms with Crippen LogP contribution in [-0.4, -0.2) is 97.2 Å². The first-order valence-corrected chi connectivity index (χ1v) is 37.8. The lowest BCUT2D eigenvalue weighted by Crippen LogP contribution is -2.30. The Morgan fingerprint density at radius 3 is 0.720 bits per heavy atom. The quantitative estimate of drug-likeness (QED) is 0.0196. The van der Waals surface area contributed by atoms with E-state index in [9.17, 15) is 19.2 Å². The Balaban J connectivity index is -0.00000112. The normalized spacial score (nSPS) is 12.0. The van der Waals surface area contributed by atoms with Gasteiger partial charge in [-0.05, 0) is 154 Å². The molecule has 0 saturated heterocycles. The van der Waals surface area contributed by atoms with Crippen molar-refractivity contribution in [2.75, 3.05) is 40.6 Å². The predicted molar refractivity (Wildman–Crippen MR) is 394 cm³/mol. The monoisotopic (exact) mass is 1310 g/mol. The molecule has 0 radical (unpaired) electrons. The molecule has 0 bridgehead atoms. The van der Waals surface area contributed by atoms with Crippen molar-refractivity contribution in [1.29, 1.82) is 0 Å². The molecule has 0 saturated carbocycles. The Labute approximate surface area is 572 Å². The second-order valence-corrected chi connectivity index (χ2v) is 24.2. The summed E-state index contributed by atoms with van der Waals surface area (Å²) in [6.07, 6.45) is 88.1. The highest BCUT2D eigenvalue weighted by Crippen LogP contribution is 2.16. The Hall–Kier alpha value is -4.36. The summed E-state index contributed by atoms with van der Waals surface area (Å²) in [6.45, 7) is 7.78. The highest BCUT2D eigenvalue weighted by atomic mass is 16.6. The third kappa shape index (κ3) is 89.7. The molecule has 4 N–H and O–H groups in total. The maximum atomic E-state index is 12.8. The first kappa shape index (κ1) is 95.0. The van der Waals surface area contributed by atoms with Crippen LogP contribution in [0.25, 0.3) is 0 Å². The fourth-order valence-electron chi connectivity index (χ4n) is 9.73. The van der Waals surface area contributed by atoms with Gasteiger partial charge in [0.25, 0.3) is 0 Å². The first-order valence-electron chi connectivity index (χ1n) is 37.8. The van der Waals surface area contributed by atoms with E-state index < -0.39 is 12.2 Å². The minimum atomic E-state index is -0.954. The van der Waals surface area contributed by atoms with Gasteiger partial charge >= 0.3 is 23.9 Å². The van der Waals surface area contributed by atoms with Gasteiger partial charge < -0.3 is 39.4 Å². The van der Waals surface area contributed by atoms with Gasteiger partial charge in [0, 0.05) is 32.8 Å². The van der Waals surface area contributed by atoms with Gasteiger partial charge in [-0.3, -0.25) is 19.2 Å². The average molecular weight is 1310 g/mol. The predicted octanol–water partition coefficient (Wildman–Crippen LogP) is 21.7. The van der Waals surface area contributed by atoms with Gasteiger partial charge in [-0.1, -0.05) is 260 Å². The van der Waals surface area contributed by atoms with E-state index in [4.69, 9.17) is 34.6 Å². The Morgan fingerprint density at radius 2 is 0.495 bits per heavy atom. The molecule has 0 aromatic rings. The molecule has 0 aliphatic heterocycles. The number of rotatable bonds is 64. The number of allylic oxidation sites excluding steroid dienone is 16. The molecule has 0 spiro atoms. The van der Waals surface area contributed by atoms with Gasteiger partial charge in [-0.15, -0.1) is 0 Å². The van der Waals surface area contributed by atoms with Gasteiger partial charge in [0.1, 0.15) is 19.3 Å². The molecule has 0 amide bonds. The van der Waals surface area contributed by atoms with Crippen molar-refractivity contribution in [1.82, 2.24) is 0 Å². The van der Waals surface area contributed by atoms with E-state index in [-0.39, 0.29) is 50.3 Å². The summed E-state index contributed by atoms with van der Waals surface area (Å²) in [4.78, 5) is 49.0. The van der Waals surface area contributed by atoms with E-state index in [1.165, 1.54) is 148 Å². The number of ether oxygens (including phenoxy) is 4. The lowest BCUT2D eigenvalue weighted by atomic mass is 10.1. The SMILES string of the molecule is CC/C=C/CC/C=C/CCCCCCCCCC(=O)OC.CC/C=C/CC/C=C/CCCCCCCCCCC(=O)OCC(COC(=O)CCCCCCCCC/C=C/CC/C=C/CC)OC(=O)CCCCCCCCC/C=C/CC/C=C/CC.CO.OCC(O)CO. The van der Waals surface area contributed by atoms with Crippen LogP contribution in [0.4, 0.5) is 0 Å². The fourth-order valence-corrected chi connectivity index (χ4v) is 9.73. The molecule has 0 heterocycles. The standard InChI is InChI=1S/C58H100O6.C19H34O2.C3H8O3.CH4O/c1-4-7-10-13-16-19-22-25-28-31-33-36-39-42-45-48-51-57(60)63-54-55(64-58(61)52-49-46-43-40-37-34-30-27-24-21-18-15-12-9-6-3)53-62-56(59)50-47-44-41-38-35-32-29-26-23-20-17-14-11-8-5-2;1-3-4-5-6-7-8-9-10-11-12-13-14-15-16-17-18-19(20)21-2;4-1-3(6)2-5;1-2/h7-12,19-24,55H,4-6,13-18,25-54H2,1-3H3;4-5,8-9H,3,6-7,10-18H2,1-2H3;3-6H,1-2H2;2H,1H3/b10-7+,11-8+,12-9+,22-19+,23-20+,24-21+;5-4+,9-8+;;. The zero-order chi connectivity index (χ0) is 69.1. The van der Waals surface area contributed by atoms with Gasteiger partial charge in [-0.25, -0.2) is 0 Å². The summed E-state index contributed by atoms with van der Waals surface area (Å²) in [5, 5.41) is 31.0. The number of aliphatic hydroxyl groups excluding tert-OH is 4. The van der Waals surface area contributed by atoms with E-state index >= 15 is 0 Å². The molecule has 12 heteroatoms. The maximum Gasteiger partial charge on any atom is 0.306 e. The van der Waals surface area contributed by atoms with E-state index in [0.717, 1.165) is 155 Å². The van der Waals surface area contributed by atoms with Crippen LogP contribution in [0.15, 0.2) is 97.2 Å². The van der Waals surface area contributed by atoms with Crippen LogP contribution in [0.1, 0.15) is 342 Å². The number of hydrogen-bond donors (Lipinski definition) is 4. The third-order valence-corrected chi connectivity index (χ3v) is 15.3. The fraction of sp³-hybridized carbons (Fsp3) is 0.753. The summed E-state index contributed by atoms with van der Waals surface area (Å²) < 4.78 is 21.4. The highest BCUT2D eigenvalue weighted by Gasteiger charge is 2.20. The van der Waals surface area contributed by atoms with Crippen molar-refractivity contribution in [2.45, 2.75) is 355 Å². The summed E-state index contributed by atoms with van der Waals surface area (Å²) in [6, 6.07) is 0. The molecule has 0 aromatic carbocycles. The van der Waals surface area contributed by atoms with Crippen molar-refractivity contribution < 1.29 is 58.6 Å². The van der Waals surface area contributed by atoms with Gasteiger partial charge in [-0.2, -0.15) is 0 Å². The zero-order valence-corrected chi connectivity index (χ0v) is 60.9. The molecule has 0 aromatic heterocycles. The number of carbonyl (C=O) groups excluding carboxylic acids is 4. The second-order valence-electron chi connectivity index (χ2n) is 24.2. The Kier molecular flexibility index (Phi) is 89.6. The highest BCUT2D eigenvalue weighted by molar-refractivity contribution is 5.71. The lowest BCUT2D eigenvalue weighted by Gasteiger charge is -2.18. The number of methoxy groups -OCH3 is 1. The number of hydrogen-bond acceptors (Lipinski definition) is 12. The minimum absolute atomic E-state index is 0.0769. The molecule has 1 atom stereocenters. The molecule has 542 valence electrons. The summed E-state index contributed by atoms with van der Waals surface area (Å²) in [7, 11) is 2.46. The Morgan fingerprint density at radius 1 is 0.290 bits per heavy atom. The molecular weight excluding hydrogens is 1160 g/mol. The van der Waals surface area contributed by atoms with E-state index in [2.05, 4.69) is 130 Å². The summed E-state index contributed by atoms with van der Waals surface area (Å²) in [5.74, 6) is -0.975. The van der Waals surface area contributed by atoms with Crippen molar-refractivity contribution in [3.8, 4) is 0 Å². The number of esters is 4. The molecule has 0 rings (SSSR count). The van der Waals surface area contributed by atoms with Crippen LogP contribution < -0.4 is 0 Å². The molecular formula is C81H146O12. The number of aliphatic hydroxyl groups is 4. The van der Waals surface area contributed by atoms with Crippen LogP contribution in [0.2, 0.25) is 0 Å². The van der Waals surface area contributed by atoms with Crippen molar-refractivity contribution in [2.24, 2.45) is 0 Å². The maximum absolute atomic E-state index is 12.8. The van der Waals surface area contributed by atoms with Gasteiger partial charge in [0.05, 0.1) is 20.3 Å². The van der Waals surface area contributed by atoms with Crippen molar-refractivity contribution >= 4 is 23.9 Å². The first-order chi connectivity index (χ1) is 45.6.